The summed E-state index contributed by atoms with van der Waals surface area (Å²) in [6.45, 7) is 5.06. The summed E-state index contributed by atoms with van der Waals surface area (Å²) < 4.78 is 0. The molecule has 0 amide bonds. The Labute approximate surface area is 96.9 Å². The molecule has 0 aromatic carbocycles. The molecular formula is C12H20N4. The van der Waals surface area contributed by atoms with Crippen molar-refractivity contribution in [3.63, 3.8) is 0 Å². The molecule has 2 N–H and O–H groups in total. The smallest absolute Gasteiger partial charge is 0.0726 e. The van der Waals surface area contributed by atoms with Gasteiger partial charge in [-0.3, -0.25) is 14.9 Å². The van der Waals surface area contributed by atoms with E-state index in [2.05, 4.69) is 21.8 Å². The van der Waals surface area contributed by atoms with Crippen molar-refractivity contribution in [3.05, 3.63) is 24.3 Å². The van der Waals surface area contributed by atoms with Gasteiger partial charge in [0.05, 0.1) is 5.69 Å². The minimum absolute atomic E-state index is 0.629. The zero-order valence-corrected chi connectivity index (χ0v) is 9.84. The molecule has 4 nitrogen and oxygen atoms in total. The third-order valence-corrected chi connectivity index (χ3v) is 3.42. The molecule has 1 aromatic heterocycles. The first-order valence-corrected chi connectivity index (χ1v) is 5.98. The van der Waals surface area contributed by atoms with Gasteiger partial charge in [0, 0.05) is 37.7 Å². The Hall–Kier alpha value is -1.00. The lowest BCUT2D eigenvalue weighted by Crippen LogP contribution is -2.43. The minimum atomic E-state index is 0.629. The lowest BCUT2D eigenvalue weighted by molar-refractivity contribution is 0.112. The number of nitrogens with two attached hydrogens (primary N) is 1. The average molecular weight is 220 g/mol. The van der Waals surface area contributed by atoms with Crippen LogP contribution in [0, 0.1) is 5.92 Å². The summed E-state index contributed by atoms with van der Waals surface area (Å²) in [7, 11) is 0. The lowest BCUT2D eigenvalue weighted by atomic mass is 9.93. The van der Waals surface area contributed by atoms with Crippen LogP contribution in [-0.2, 0) is 6.54 Å². The van der Waals surface area contributed by atoms with Crippen molar-refractivity contribution < 1.29 is 0 Å². The molecule has 1 fully saturated rings. The molecule has 88 valence electrons. The Morgan fingerprint density at radius 2 is 2.31 bits per heavy atom. The monoisotopic (exact) mass is 220 g/mol. The van der Waals surface area contributed by atoms with Crippen molar-refractivity contribution in [3.8, 4) is 0 Å². The van der Waals surface area contributed by atoms with E-state index in [0.29, 0.717) is 12.0 Å². The standard InChI is InChI=1S/C12H20N4/c1-10-2-3-11(6-13)8-16(10)9-12-7-14-4-5-15-12/h4-5,7,10-11H,2-3,6,8-9,13H2,1H3. The molecule has 2 unspecified atom stereocenters. The molecule has 1 aromatic rings. The number of nitrogens with zero attached hydrogens (tertiary/aromatic N) is 3. The van der Waals surface area contributed by atoms with Gasteiger partial charge in [0.15, 0.2) is 0 Å². The maximum atomic E-state index is 5.75. The molecule has 2 atom stereocenters. The average Bonchev–Trinajstić information content (AvgIpc) is 2.33. The van der Waals surface area contributed by atoms with Gasteiger partial charge >= 0.3 is 0 Å². The molecule has 2 heterocycles. The van der Waals surface area contributed by atoms with Crippen LogP contribution >= 0.6 is 0 Å². The van der Waals surface area contributed by atoms with Gasteiger partial charge < -0.3 is 5.73 Å². The van der Waals surface area contributed by atoms with Gasteiger partial charge in [0.2, 0.25) is 0 Å². The van der Waals surface area contributed by atoms with Crippen LogP contribution in [0.4, 0.5) is 0 Å². The SMILES string of the molecule is CC1CCC(CN)CN1Cc1cnccn1. The quantitative estimate of drug-likeness (QED) is 0.827. The zero-order valence-electron chi connectivity index (χ0n) is 9.84. The molecule has 2 rings (SSSR count). The number of rotatable bonds is 3. The summed E-state index contributed by atoms with van der Waals surface area (Å²) in [6.07, 6.45) is 7.81. The highest BCUT2D eigenvalue weighted by atomic mass is 15.2. The van der Waals surface area contributed by atoms with E-state index in [1.165, 1.54) is 12.8 Å². The summed E-state index contributed by atoms with van der Waals surface area (Å²) in [5, 5.41) is 0. The van der Waals surface area contributed by atoms with Crippen LogP contribution in [0.5, 0.6) is 0 Å². The highest BCUT2D eigenvalue weighted by Gasteiger charge is 2.24. The topological polar surface area (TPSA) is 55.0 Å². The van der Waals surface area contributed by atoms with E-state index < -0.39 is 0 Å². The summed E-state index contributed by atoms with van der Waals surface area (Å²) in [5.41, 5.74) is 6.80. The van der Waals surface area contributed by atoms with Gasteiger partial charge in [-0.15, -0.1) is 0 Å². The van der Waals surface area contributed by atoms with Crippen molar-refractivity contribution in [1.82, 2.24) is 14.9 Å². The second-order valence-corrected chi connectivity index (χ2v) is 4.65. The number of likely N-dealkylation sites (tertiary alicyclic amines) is 1. The predicted octanol–water partition coefficient (Wildman–Crippen LogP) is 1.04. The third kappa shape index (κ3) is 2.77. The van der Waals surface area contributed by atoms with Crippen molar-refractivity contribution >= 4 is 0 Å². The molecule has 0 aliphatic carbocycles. The van der Waals surface area contributed by atoms with Gasteiger partial charge in [-0.25, -0.2) is 0 Å². The van der Waals surface area contributed by atoms with Gasteiger partial charge in [-0.2, -0.15) is 0 Å². The fourth-order valence-electron chi connectivity index (χ4n) is 2.29. The summed E-state index contributed by atoms with van der Waals surface area (Å²) in [5.74, 6) is 0.646. The van der Waals surface area contributed by atoms with E-state index in [1.807, 2.05) is 6.20 Å². The van der Waals surface area contributed by atoms with E-state index in [-0.39, 0.29) is 0 Å². The van der Waals surface area contributed by atoms with Crippen molar-refractivity contribution in [1.29, 1.82) is 0 Å². The number of piperidine rings is 1. The van der Waals surface area contributed by atoms with Crippen LogP contribution in [0.3, 0.4) is 0 Å². The molecule has 1 aliphatic rings. The van der Waals surface area contributed by atoms with Gasteiger partial charge in [-0.1, -0.05) is 0 Å². The Morgan fingerprint density at radius 3 is 3.00 bits per heavy atom. The van der Waals surface area contributed by atoms with Gasteiger partial charge in [0.25, 0.3) is 0 Å². The Balaban J connectivity index is 1.97. The van der Waals surface area contributed by atoms with Gasteiger partial charge in [0.1, 0.15) is 0 Å². The van der Waals surface area contributed by atoms with Crippen LogP contribution in [0.2, 0.25) is 0 Å². The molecule has 0 saturated carbocycles. The highest BCUT2D eigenvalue weighted by molar-refractivity contribution is 4.96. The molecule has 4 heteroatoms. The van der Waals surface area contributed by atoms with E-state index in [0.717, 1.165) is 25.3 Å². The van der Waals surface area contributed by atoms with E-state index >= 15 is 0 Å². The van der Waals surface area contributed by atoms with E-state index in [1.54, 1.807) is 12.4 Å². The first-order valence-electron chi connectivity index (χ1n) is 5.98. The summed E-state index contributed by atoms with van der Waals surface area (Å²) >= 11 is 0. The minimum Gasteiger partial charge on any atom is -0.330 e. The fraction of sp³-hybridized carbons (Fsp3) is 0.667. The van der Waals surface area contributed by atoms with Crippen LogP contribution in [0.25, 0.3) is 0 Å². The van der Waals surface area contributed by atoms with Crippen molar-refractivity contribution in [2.75, 3.05) is 13.1 Å². The first kappa shape index (κ1) is 11.5. The van der Waals surface area contributed by atoms with Gasteiger partial charge in [-0.05, 0) is 32.2 Å². The molecule has 16 heavy (non-hydrogen) atoms. The molecule has 1 saturated heterocycles. The Morgan fingerprint density at radius 1 is 1.44 bits per heavy atom. The Bertz CT molecular complexity index is 314. The number of hydrogen-bond donors (Lipinski definition) is 1. The molecule has 0 bridgehead atoms. The second-order valence-electron chi connectivity index (χ2n) is 4.65. The second kappa shape index (κ2) is 5.37. The number of aromatic nitrogens is 2. The van der Waals surface area contributed by atoms with Crippen LogP contribution in [-0.4, -0.2) is 34.0 Å². The largest absolute Gasteiger partial charge is 0.330 e. The van der Waals surface area contributed by atoms with Crippen molar-refractivity contribution in [2.24, 2.45) is 11.7 Å². The molecule has 0 radical (unpaired) electrons. The van der Waals surface area contributed by atoms with Crippen molar-refractivity contribution in [2.45, 2.75) is 32.4 Å². The number of hydrogen-bond acceptors (Lipinski definition) is 4. The molecular weight excluding hydrogens is 200 g/mol. The summed E-state index contributed by atoms with van der Waals surface area (Å²) in [4.78, 5) is 10.9. The third-order valence-electron chi connectivity index (χ3n) is 3.42. The Kier molecular flexibility index (Phi) is 3.85. The molecule has 1 aliphatic heterocycles. The van der Waals surface area contributed by atoms with E-state index in [9.17, 15) is 0 Å². The normalized spacial score (nSPS) is 26.9. The van der Waals surface area contributed by atoms with Crippen LogP contribution in [0.1, 0.15) is 25.5 Å². The van der Waals surface area contributed by atoms with Crippen LogP contribution in [0.15, 0.2) is 18.6 Å². The summed E-state index contributed by atoms with van der Waals surface area (Å²) in [6, 6.07) is 0.629. The maximum Gasteiger partial charge on any atom is 0.0726 e. The maximum absolute atomic E-state index is 5.75. The molecule has 0 spiro atoms. The lowest BCUT2D eigenvalue weighted by Gasteiger charge is -2.37. The van der Waals surface area contributed by atoms with Crippen LogP contribution < -0.4 is 5.73 Å². The zero-order chi connectivity index (χ0) is 11.4. The highest BCUT2D eigenvalue weighted by Crippen LogP contribution is 2.22. The van der Waals surface area contributed by atoms with E-state index in [4.69, 9.17) is 5.73 Å². The predicted molar refractivity (Wildman–Crippen MR) is 63.7 cm³/mol. The first-order chi connectivity index (χ1) is 7.79. The fourth-order valence-corrected chi connectivity index (χ4v) is 2.29.